The van der Waals surface area contributed by atoms with Crippen LogP contribution in [0.1, 0.15) is 59.8 Å². The van der Waals surface area contributed by atoms with E-state index in [2.05, 4.69) is 10.0 Å². The smallest absolute Gasteiger partial charge is 0.457 e. The minimum Gasteiger partial charge on any atom is -0.479 e. The Morgan fingerprint density at radius 3 is 2.32 bits per heavy atom. The predicted octanol–water partition coefficient (Wildman–Crippen LogP) is 3.53. The molecule has 10 nitrogen and oxygen atoms in total. The molecule has 2 fully saturated rings. The average Bonchev–Trinajstić information content (AvgIpc) is 2.78. The number of unbranched alkanes of at least 4 members (excludes halogenated alkanes) is 1. The van der Waals surface area contributed by atoms with Gasteiger partial charge >= 0.3 is 19.2 Å². The van der Waals surface area contributed by atoms with Gasteiger partial charge in [-0.25, -0.2) is 9.59 Å². The molecule has 2 rings (SSSR count). The van der Waals surface area contributed by atoms with E-state index in [9.17, 15) is 19.8 Å². The van der Waals surface area contributed by atoms with Crippen molar-refractivity contribution in [1.29, 1.82) is 0 Å². The number of hydrogen-bond donors (Lipinski definition) is 2. The standard InChI is InChI=1S/C17H29BN4O6/c1-15(2)16(3,4)28-18(27-15)9-6-5-8-17(13(23)24)11-12(20-21-19)7-10-22(17)14(25)26/h12H,5-11H2,1-4H3,(H,23,24)(H,25,26)/t12-,17+/m1/s1. The second kappa shape index (κ2) is 8.18. The van der Waals surface area contributed by atoms with Crippen molar-refractivity contribution in [3.05, 3.63) is 10.4 Å². The van der Waals surface area contributed by atoms with Crippen molar-refractivity contribution < 1.29 is 29.1 Å². The Bertz CT molecular complexity index is 650. The van der Waals surface area contributed by atoms with Gasteiger partial charge in [0.25, 0.3) is 0 Å². The van der Waals surface area contributed by atoms with E-state index in [1.165, 1.54) is 0 Å². The highest BCUT2D eigenvalue weighted by atomic mass is 16.7. The monoisotopic (exact) mass is 396 g/mol. The fourth-order valence-corrected chi connectivity index (χ4v) is 3.90. The maximum Gasteiger partial charge on any atom is 0.457 e. The second-order valence-electron chi connectivity index (χ2n) is 8.55. The minimum atomic E-state index is -1.58. The van der Waals surface area contributed by atoms with E-state index in [1.54, 1.807) is 0 Å². The molecular weight excluding hydrogens is 367 g/mol. The maximum atomic E-state index is 12.1. The van der Waals surface area contributed by atoms with Gasteiger partial charge in [0, 0.05) is 17.5 Å². The number of rotatable bonds is 7. The Balaban J connectivity index is 2.02. The van der Waals surface area contributed by atoms with Crippen molar-refractivity contribution >= 4 is 19.2 Å². The van der Waals surface area contributed by atoms with Gasteiger partial charge in [0.2, 0.25) is 0 Å². The van der Waals surface area contributed by atoms with Gasteiger partial charge in [-0.05, 0) is 58.8 Å². The number of hydrogen-bond acceptors (Lipinski definition) is 5. The van der Waals surface area contributed by atoms with Crippen molar-refractivity contribution in [1.82, 2.24) is 4.90 Å². The van der Waals surface area contributed by atoms with Gasteiger partial charge in [-0.15, -0.1) is 0 Å². The fraction of sp³-hybridized carbons (Fsp3) is 0.882. The summed E-state index contributed by atoms with van der Waals surface area (Å²) >= 11 is 0. The van der Waals surface area contributed by atoms with Gasteiger partial charge in [-0.3, -0.25) is 4.90 Å². The molecule has 0 unspecified atom stereocenters. The van der Waals surface area contributed by atoms with E-state index in [4.69, 9.17) is 14.8 Å². The van der Waals surface area contributed by atoms with Crippen molar-refractivity contribution in [3.63, 3.8) is 0 Å². The molecule has 0 bridgehead atoms. The van der Waals surface area contributed by atoms with E-state index in [0.717, 1.165) is 4.90 Å². The highest BCUT2D eigenvalue weighted by molar-refractivity contribution is 6.45. The van der Waals surface area contributed by atoms with Crippen LogP contribution in [0.15, 0.2) is 5.11 Å². The largest absolute Gasteiger partial charge is 0.479 e. The van der Waals surface area contributed by atoms with Crippen LogP contribution in [-0.4, -0.2) is 63.6 Å². The zero-order valence-electron chi connectivity index (χ0n) is 16.9. The number of piperidine rings is 1. The molecule has 0 aromatic heterocycles. The van der Waals surface area contributed by atoms with Crippen molar-refractivity contribution in [2.45, 2.75) is 88.9 Å². The van der Waals surface area contributed by atoms with Crippen molar-refractivity contribution in [3.8, 4) is 0 Å². The summed E-state index contributed by atoms with van der Waals surface area (Å²) in [6.07, 6.45) is 0.886. The summed E-state index contributed by atoms with van der Waals surface area (Å²) in [6, 6.07) is -0.528. The Hall–Kier alpha value is -1.97. The molecule has 0 saturated carbocycles. The molecule has 2 N–H and O–H groups in total. The van der Waals surface area contributed by atoms with Crippen LogP contribution in [0.4, 0.5) is 4.79 Å². The first-order chi connectivity index (χ1) is 12.9. The van der Waals surface area contributed by atoms with Crippen LogP contribution in [0.3, 0.4) is 0 Å². The van der Waals surface area contributed by atoms with Gasteiger partial charge in [0.05, 0.1) is 11.2 Å². The average molecular weight is 396 g/mol. The molecule has 0 aliphatic carbocycles. The van der Waals surface area contributed by atoms with Crippen molar-refractivity contribution in [2.24, 2.45) is 5.11 Å². The second-order valence-corrected chi connectivity index (χ2v) is 8.55. The number of azide groups is 1. The van der Waals surface area contributed by atoms with Gasteiger partial charge in [-0.2, -0.15) is 0 Å². The number of carboxylic acid groups (broad SMARTS) is 2. The molecule has 0 aromatic carbocycles. The molecule has 156 valence electrons. The van der Waals surface area contributed by atoms with E-state index in [-0.39, 0.29) is 26.5 Å². The van der Waals surface area contributed by atoms with Crippen molar-refractivity contribution in [2.75, 3.05) is 6.54 Å². The third-order valence-electron chi connectivity index (χ3n) is 6.20. The molecule has 2 heterocycles. The lowest BCUT2D eigenvalue weighted by molar-refractivity contribution is -0.153. The number of amides is 1. The van der Waals surface area contributed by atoms with Gasteiger partial charge in [0.1, 0.15) is 5.54 Å². The fourth-order valence-electron chi connectivity index (χ4n) is 3.90. The number of carbonyl (C=O) groups is 2. The number of carboxylic acids is 1. The number of nitrogens with zero attached hydrogens (tertiary/aromatic N) is 4. The van der Waals surface area contributed by atoms with E-state index in [1.807, 2.05) is 27.7 Å². The van der Waals surface area contributed by atoms with Crippen LogP contribution in [0.5, 0.6) is 0 Å². The molecule has 2 saturated heterocycles. The van der Waals surface area contributed by atoms with E-state index < -0.39 is 34.8 Å². The third-order valence-corrected chi connectivity index (χ3v) is 6.20. The summed E-state index contributed by atoms with van der Waals surface area (Å²) in [4.78, 5) is 27.5. The molecule has 2 aliphatic heterocycles. The van der Waals surface area contributed by atoms with Gasteiger partial charge in [-0.1, -0.05) is 18.0 Å². The summed E-state index contributed by atoms with van der Waals surface area (Å²) in [5, 5.41) is 23.0. The molecule has 1 amide bonds. The first-order valence-electron chi connectivity index (χ1n) is 9.59. The molecule has 0 spiro atoms. The Labute approximate surface area is 164 Å². The van der Waals surface area contributed by atoms with Gasteiger partial charge < -0.3 is 19.5 Å². The topological polar surface area (TPSA) is 145 Å². The highest BCUT2D eigenvalue weighted by Crippen LogP contribution is 2.39. The SMILES string of the molecule is CC1(C)OB(CCCC[C@@]2(C(=O)O)C[C@H](N=[N+]=[N-])CCN2C(=O)O)OC1(C)C. The molecule has 28 heavy (non-hydrogen) atoms. The quantitative estimate of drug-likeness (QED) is 0.221. The predicted molar refractivity (Wildman–Crippen MR) is 102 cm³/mol. The van der Waals surface area contributed by atoms with E-state index in [0.29, 0.717) is 25.6 Å². The summed E-state index contributed by atoms with van der Waals surface area (Å²) in [7, 11) is -0.372. The first kappa shape index (κ1) is 22.3. The van der Waals surface area contributed by atoms with Gasteiger partial charge in [0.15, 0.2) is 0 Å². The lowest BCUT2D eigenvalue weighted by atomic mass is 9.77. The zero-order chi connectivity index (χ0) is 21.2. The summed E-state index contributed by atoms with van der Waals surface area (Å²) in [5.74, 6) is -1.21. The minimum absolute atomic E-state index is 0.0187. The first-order valence-corrected chi connectivity index (χ1v) is 9.59. The van der Waals surface area contributed by atoms with Crippen LogP contribution in [-0.2, 0) is 14.1 Å². The molecule has 0 aromatic rings. The Morgan fingerprint density at radius 1 is 1.21 bits per heavy atom. The van der Waals surface area contributed by atoms with Crippen LogP contribution in [0.25, 0.3) is 10.4 Å². The highest BCUT2D eigenvalue weighted by Gasteiger charge is 2.52. The molecule has 2 aliphatic rings. The normalized spacial score (nSPS) is 28.6. The molecule has 2 atom stereocenters. The summed E-state index contributed by atoms with van der Waals surface area (Å²) in [6.45, 7) is 7.90. The number of likely N-dealkylation sites (tertiary alicyclic amines) is 1. The summed E-state index contributed by atoms with van der Waals surface area (Å²) < 4.78 is 11.9. The lowest BCUT2D eigenvalue weighted by Gasteiger charge is -2.44. The Morgan fingerprint density at radius 2 is 1.82 bits per heavy atom. The zero-order valence-corrected chi connectivity index (χ0v) is 16.9. The van der Waals surface area contributed by atoms with Crippen LogP contribution >= 0.6 is 0 Å². The van der Waals surface area contributed by atoms with Crippen LogP contribution < -0.4 is 0 Å². The number of aliphatic carboxylic acids is 1. The molecule has 11 heteroatoms. The van der Waals surface area contributed by atoms with E-state index >= 15 is 0 Å². The maximum absolute atomic E-state index is 12.1. The van der Waals surface area contributed by atoms with Crippen LogP contribution in [0.2, 0.25) is 6.32 Å². The Kier molecular flexibility index (Phi) is 6.53. The summed E-state index contributed by atoms with van der Waals surface area (Å²) in [5.41, 5.74) is 6.24. The molecule has 0 radical (unpaired) electrons. The lowest BCUT2D eigenvalue weighted by Crippen LogP contribution is -2.61. The molecular formula is C17H29BN4O6. The van der Waals surface area contributed by atoms with Crippen LogP contribution in [0, 0.1) is 0 Å². The third kappa shape index (κ3) is 4.37.